The van der Waals surface area contributed by atoms with Gasteiger partial charge in [0.25, 0.3) is 0 Å². The van der Waals surface area contributed by atoms with Crippen molar-refractivity contribution in [2.24, 2.45) is 0 Å². The minimum Gasteiger partial charge on any atom is -0.478 e. The molecular weight excluding hydrogens is 404 g/mol. The van der Waals surface area contributed by atoms with Crippen LogP contribution in [0.2, 0.25) is 0 Å². The Morgan fingerprint density at radius 1 is 0.812 bits per heavy atom. The van der Waals surface area contributed by atoms with Gasteiger partial charge in [-0.05, 0) is 24.3 Å². The Morgan fingerprint density at radius 3 is 2.12 bits per heavy atom. The summed E-state index contributed by atoms with van der Waals surface area (Å²) in [7, 11) is 0. The molecule has 7 heteroatoms. The fraction of sp³-hybridized carbons (Fsp3) is 0. The summed E-state index contributed by atoms with van der Waals surface area (Å²) in [6.07, 6.45) is 1.77. The summed E-state index contributed by atoms with van der Waals surface area (Å²) < 4.78 is 1.80. The lowest BCUT2D eigenvalue weighted by molar-refractivity contribution is -0.131. The third kappa shape index (κ3) is 4.91. The zero-order valence-electron chi connectivity index (χ0n) is 17.0. The quantitative estimate of drug-likeness (QED) is 0.368. The molecule has 3 N–H and O–H groups in total. The lowest BCUT2D eigenvalue weighted by Gasteiger charge is -2.13. The highest BCUT2D eigenvalue weighted by Crippen LogP contribution is 2.30. The number of hydrogen-bond donors (Lipinski definition) is 3. The van der Waals surface area contributed by atoms with E-state index in [-0.39, 0.29) is 0 Å². The molecule has 7 nitrogen and oxygen atoms in total. The molecular formula is C25H20N4O3. The average molecular weight is 424 g/mol. The average Bonchev–Trinajstić information content (AvgIpc) is 3.24. The maximum atomic E-state index is 12.1. The van der Waals surface area contributed by atoms with E-state index in [0.29, 0.717) is 17.2 Å². The summed E-state index contributed by atoms with van der Waals surface area (Å²) in [6.45, 7) is 0. The van der Waals surface area contributed by atoms with E-state index in [4.69, 9.17) is 10.2 Å². The number of rotatable bonds is 7. The van der Waals surface area contributed by atoms with E-state index in [0.717, 1.165) is 29.1 Å². The number of carboxylic acid groups (broad SMARTS) is 1. The van der Waals surface area contributed by atoms with Crippen LogP contribution in [0.15, 0.2) is 103 Å². The van der Waals surface area contributed by atoms with Gasteiger partial charge in [-0.25, -0.2) is 9.48 Å². The zero-order chi connectivity index (χ0) is 22.3. The summed E-state index contributed by atoms with van der Waals surface area (Å²) in [5.41, 5.74) is 3.80. The van der Waals surface area contributed by atoms with Gasteiger partial charge in [0.1, 0.15) is 5.82 Å². The normalized spacial score (nSPS) is 10.8. The van der Waals surface area contributed by atoms with Gasteiger partial charge in [0.2, 0.25) is 5.91 Å². The number of amides is 1. The maximum Gasteiger partial charge on any atom is 0.328 e. The van der Waals surface area contributed by atoms with E-state index in [1.807, 2.05) is 78.9 Å². The third-order valence-corrected chi connectivity index (χ3v) is 4.60. The number of nitrogens with zero attached hydrogens (tertiary/aromatic N) is 2. The Kier molecular flexibility index (Phi) is 6.08. The molecule has 32 heavy (non-hydrogen) atoms. The number of para-hydroxylation sites is 3. The molecule has 1 amide bonds. The number of nitrogens with one attached hydrogen (secondary N) is 2. The van der Waals surface area contributed by atoms with Gasteiger partial charge in [0, 0.05) is 23.8 Å². The Labute approximate surface area is 184 Å². The summed E-state index contributed by atoms with van der Waals surface area (Å²) >= 11 is 0. The van der Waals surface area contributed by atoms with Crippen molar-refractivity contribution in [2.45, 2.75) is 0 Å². The van der Waals surface area contributed by atoms with Crippen LogP contribution < -0.4 is 10.6 Å². The molecule has 0 radical (unpaired) electrons. The number of aromatic nitrogens is 2. The fourth-order valence-electron chi connectivity index (χ4n) is 3.15. The van der Waals surface area contributed by atoms with Crippen molar-refractivity contribution < 1.29 is 14.7 Å². The second-order valence-electron chi connectivity index (χ2n) is 6.86. The van der Waals surface area contributed by atoms with E-state index < -0.39 is 11.9 Å². The smallest absolute Gasteiger partial charge is 0.328 e. The number of carbonyl (C=O) groups is 2. The van der Waals surface area contributed by atoms with Crippen molar-refractivity contribution in [3.63, 3.8) is 0 Å². The van der Waals surface area contributed by atoms with Crippen LogP contribution in [0.3, 0.4) is 0 Å². The molecule has 1 heterocycles. The molecule has 3 aromatic carbocycles. The molecule has 4 aromatic rings. The number of hydrogen-bond acceptors (Lipinski definition) is 4. The standard InChI is InChI=1S/C25H20N4O3/c30-24(15-16-25(31)32)27-21-14-8-7-13-20(21)26-23-17-22(18-9-3-1-4-10-18)28-29(23)19-11-5-2-6-12-19/h1-17,26H,(H,27,30)(H,31,32). The van der Waals surface area contributed by atoms with Crippen molar-refractivity contribution in [3.05, 3.63) is 103 Å². The minimum absolute atomic E-state index is 0.509. The van der Waals surface area contributed by atoms with E-state index in [1.165, 1.54) is 0 Å². The molecule has 0 fully saturated rings. The van der Waals surface area contributed by atoms with Gasteiger partial charge in [-0.2, -0.15) is 5.10 Å². The van der Waals surface area contributed by atoms with Crippen molar-refractivity contribution in [2.75, 3.05) is 10.6 Å². The van der Waals surface area contributed by atoms with E-state index in [1.54, 1.807) is 16.8 Å². The predicted molar refractivity (Wildman–Crippen MR) is 124 cm³/mol. The van der Waals surface area contributed by atoms with Gasteiger partial charge in [0.05, 0.1) is 22.8 Å². The summed E-state index contributed by atoms with van der Waals surface area (Å²) in [5, 5.41) is 19.5. The zero-order valence-corrected chi connectivity index (χ0v) is 17.0. The van der Waals surface area contributed by atoms with Gasteiger partial charge >= 0.3 is 5.97 Å². The van der Waals surface area contributed by atoms with Crippen LogP contribution in [0.5, 0.6) is 0 Å². The number of carbonyl (C=O) groups excluding carboxylic acids is 1. The monoisotopic (exact) mass is 424 g/mol. The molecule has 158 valence electrons. The largest absolute Gasteiger partial charge is 0.478 e. The number of aliphatic carboxylic acids is 1. The van der Waals surface area contributed by atoms with Crippen molar-refractivity contribution in [1.29, 1.82) is 0 Å². The van der Waals surface area contributed by atoms with Crippen LogP contribution in [0.25, 0.3) is 16.9 Å². The van der Waals surface area contributed by atoms with E-state index in [2.05, 4.69) is 10.6 Å². The minimum atomic E-state index is -1.19. The first-order chi connectivity index (χ1) is 15.6. The third-order valence-electron chi connectivity index (χ3n) is 4.60. The van der Waals surface area contributed by atoms with Gasteiger partial charge < -0.3 is 15.7 Å². The molecule has 0 aliphatic rings. The second-order valence-corrected chi connectivity index (χ2v) is 6.86. The second kappa shape index (κ2) is 9.44. The topological polar surface area (TPSA) is 96.2 Å². The first kappa shape index (κ1) is 20.6. The molecule has 0 aliphatic carbocycles. The van der Waals surface area contributed by atoms with Crippen LogP contribution >= 0.6 is 0 Å². The molecule has 4 rings (SSSR count). The molecule has 0 saturated heterocycles. The Morgan fingerprint density at radius 2 is 1.44 bits per heavy atom. The highest BCUT2D eigenvalue weighted by molar-refractivity contribution is 6.04. The Bertz CT molecular complexity index is 1260. The van der Waals surface area contributed by atoms with Crippen LogP contribution in [-0.2, 0) is 9.59 Å². The highest BCUT2D eigenvalue weighted by Gasteiger charge is 2.13. The first-order valence-corrected chi connectivity index (χ1v) is 9.89. The van der Waals surface area contributed by atoms with Crippen molar-refractivity contribution in [3.8, 4) is 16.9 Å². The molecule has 0 saturated carbocycles. The van der Waals surface area contributed by atoms with Crippen LogP contribution in [-0.4, -0.2) is 26.8 Å². The molecule has 0 spiro atoms. The molecule has 0 atom stereocenters. The van der Waals surface area contributed by atoms with Gasteiger partial charge in [-0.3, -0.25) is 4.79 Å². The van der Waals surface area contributed by atoms with Gasteiger partial charge in [-0.15, -0.1) is 0 Å². The predicted octanol–water partition coefficient (Wildman–Crippen LogP) is 4.86. The highest BCUT2D eigenvalue weighted by atomic mass is 16.4. The van der Waals surface area contributed by atoms with E-state index >= 15 is 0 Å². The Hall–Kier alpha value is -4.65. The summed E-state index contributed by atoms with van der Waals surface area (Å²) in [6, 6.07) is 28.7. The number of anilines is 3. The van der Waals surface area contributed by atoms with Crippen LogP contribution in [0.4, 0.5) is 17.2 Å². The Balaban J connectivity index is 1.69. The number of benzene rings is 3. The SMILES string of the molecule is O=C(O)C=CC(=O)Nc1ccccc1Nc1cc(-c2ccccc2)nn1-c1ccccc1. The van der Waals surface area contributed by atoms with Crippen molar-refractivity contribution in [1.82, 2.24) is 9.78 Å². The molecule has 0 unspecified atom stereocenters. The lowest BCUT2D eigenvalue weighted by Crippen LogP contribution is -2.11. The van der Waals surface area contributed by atoms with E-state index in [9.17, 15) is 9.59 Å². The molecule has 1 aromatic heterocycles. The van der Waals surface area contributed by atoms with Gasteiger partial charge in [-0.1, -0.05) is 60.7 Å². The molecule has 0 bridgehead atoms. The van der Waals surface area contributed by atoms with Crippen LogP contribution in [0.1, 0.15) is 0 Å². The fourth-order valence-corrected chi connectivity index (χ4v) is 3.15. The van der Waals surface area contributed by atoms with Gasteiger partial charge in [0.15, 0.2) is 0 Å². The van der Waals surface area contributed by atoms with Crippen molar-refractivity contribution >= 4 is 29.1 Å². The summed E-state index contributed by atoms with van der Waals surface area (Å²) in [5.74, 6) is -1.02. The molecule has 0 aliphatic heterocycles. The maximum absolute atomic E-state index is 12.1. The first-order valence-electron chi connectivity index (χ1n) is 9.89. The van der Waals surface area contributed by atoms with Crippen LogP contribution in [0, 0.1) is 0 Å². The lowest BCUT2D eigenvalue weighted by atomic mass is 10.1. The number of carboxylic acids is 1. The summed E-state index contributed by atoms with van der Waals surface area (Å²) in [4.78, 5) is 22.8.